The summed E-state index contributed by atoms with van der Waals surface area (Å²) in [6.07, 6.45) is 14.6. The van der Waals surface area contributed by atoms with Gasteiger partial charge in [0.2, 0.25) is 0 Å². The molecular formula is C87H90N6O. The van der Waals surface area contributed by atoms with Gasteiger partial charge in [-0.3, -0.25) is 9.79 Å². The maximum absolute atomic E-state index is 11.5. The lowest BCUT2D eigenvalue weighted by molar-refractivity contribution is 0.112. The van der Waals surface area contributed by atoms with E-state index in [0.717, 1.165) is 124 Å². The summed E-state index contributed by atoms with van der Waals surface area (Å²) in [5.74, 6) is -0.187. The van der Waals surface area contributed by atoms with Crippen LogP contribution in [0.15, 0.2) is 215 Å². The molecule has 2 atom stereocenters. The molecule has 94 heavy (non-hydrogen) atoms. The van der Waals surface area contributed by atoms with Gasteiger partial charge >= 0.3 is 0 Å². The van der Waals surface area contributed by atoms with E-state index in [1.165, 1.54) is 38.9 Å². The molecule has 0 unspecified atom stereocenters. The van der Waals surface area contributed by atoms with Crippen molar-refractivity contribution in [2.24, 2.45) is 9.98 Å². The molecule has 13 rings (SSSR count). The minimum absolute atomic E-state index is 0.111. The van der Waals surface area contributed by atoms with Crippen molar-refractivity contribution < 1.29 is 4.79 Å². The normalized spacial score (nSPS) is 19.3. The molecule has 2 N–H and O–H groups in total. The van der Waals surface area contributed by atoms with Gasteiger partial charge in [-0.05, 0) is 143 Å². The fourth-order valence-electron chi connectivity index (χ4n) is 13.3. The Labute approximate surface area is 557 Å². The van der Waals surface area contributed by atoms with E-state index in [2.05, 4.69) is 293 Å². The Kier molecular flexibility index (Phi) is 15.5. The van der Waals surface area contributed by atoms with Gasteiger partial charge in [-0.25, -0.2) is 15.0 Å². The quantitative estimate of drug-likeness (QED) is 0.123. The molecule has 7 heteroatoms. The third-order valence-electron chi connectivity index (χ3n) is 19.3. The molecule has 4 aliphatic heterocycles. The lowest BCUT2D eigenvalue weighted by Crippen LogP contribution is -2.34. The van der Waals surface area contributed by atoms with Crippen LogP contribution >= 0.6 is 0 Å². The number of pyridine rings is 2. The van der Waals surface area contributed by atoms with Crippen molar-refractivity contribution in [2.75, 3.05) is 0 Å². The molecule has 3 aromatic heterocycles. The van der Waals surface area contributed by atoms with Gasteiger partial charge < -0.3 is 10.3 Å². The zero-order valence-corrected chi connectivity index (χ0v) is 58.3. The maximum Gasteiger partial charge on any atom is 0.150 e. The lowest BCUT2D eigenvalue weighted by Gasteiger charge is -2.30. The van der Waals surface area contributed by atoms with Gasteiger partial charge in [-0.2, -0.15) is 0 Å². The maximum atomic E-state index is 11.5. The average Bonchev–Trinajstić information content (AvgIpc) is 1.84. The molecule has 4 aliphatic rings. The number of hydrogen-bond acceptors (Lipinski definition) is 6. The number of aromatic amines is 1. The van der Waals surface area contributed by atoms with Gasteiger partial charge in [0.25, 0.3) is 0 Å². The highest BCUT2D eigenvalue weighted by atomic mass is 16.1. The summed E-state index contributed by atoms with van der Waals surface area (Å²) in [6.45, 7) is 41.7. The van der Waals surface area contributed by atoms with Gasteiger partial charge in [-0.1, -0.05) is 258 Å². The fraction of sp³-hybridized carbons (Fsp3) is 0.299. The Bertz CT molecular complexity index is 4750. The van der Waals surface area contributed by atoms with Gasteiger partial charge in [0.05, 0.1) is 57.2 Å². The molecular weight excluding hydrogens is 1140 g/mol. The Morgan fingerprint density at radius 1 is 0.383 bits per heavy atom. The van der Waals surface area contributed by atoms with Crippen LogP contribution in [-0.2, 0) is 32.5 Å². The summed E-state index contributed by atoms with van der Waals surface area (Å²) in [5.41, 5.74) is 27.1. The lowest BCUT2D eigenvalue weighted by atomic mass is 9.76. The van der Waals surface area contributed by atoms with E-state index >= 15 is 0 Å². The topological polar surface area (TPSA) is 95.4 Å². The molecule has 0 spiro atoms. The number of aldehydes is 1. The second-order valence-electron chi connectivity index (χ2n) is 32.7. The highest BCUT2D eigenvalue weighted by Gasteiger charge is 2.36. The van der Waals surface area contributed by atoms with Crippen molar-refractivity contribution in [3.8, 4) is 22.5 Å². The van der Waals surface area contributed by atoms with Crippen LogP contribution in [-0.4, -0.2) is 38.7 Å². The second kappa shape index (κ2) is 23.0. The molecule has 0 saturated carbocycles. The number of nitrogens with zero attached hydrogens (tertiary/aromatic N) is 4. The van der Waals surface area contributed by atoms with E-state index in [1.54, 1.807) is 0 Å². The summed E-state index contributed by atoms with van der Waals surface area (Å²) in [5, 5.41) is 6.26. The summed E-state index contributed by atoms with van der Waals surface area (Å²) < 4.78 is 0. The number of aliphatic imine (C=N–C) groups is 2. The van der Waals surface area contributed by atoms with Gasteiger partial charge in [0.1, 0.15) is 6.29 Å². The summed E-state index contributed by atoms with van der Waals surface area (Å²) >= 11 is 0. The molecule has 7 heterocycles. The molecule has 7 nitrogen and oxygen atoms in total. The van der Waals surface area contributed by atoms with E-state index < -0.39 is 0 Å². The standard InChI is InChI=1S/C87H90N6O/c1-82(2,3)60-41-57(42-61(47-60)83(4,5)6)77-70-35-33-68(88-70)76(54-25-23-53(24-26-54)67-32-30-56-28-27-55-29-31-66(92-80(55)81(56)93-67)52-21-19-51(50-94)20-22-52)69-34-36-71(89-69)78(58-43-62(84(7,8)9)48-63(44-58)85(10,11)12)73-38-40-75(91-73)79(74-39-37-72(77)90-74)59-45-64(86(13,14)15)49-65(46-59)87(16,17)18/h19-50,72,77,89-90H,1-18H3/b76-68-,78-73-,79-74-/t72-,77-/m0/s1. The van der Waals surface area contributed by atoms with Crippen molar-refractivity contribution in [2.45, 2.75) is 169 Å². The number of rotatable bonds is 7. The number of fused-ring (bicyclic) bond motifs is 9. The number of allylic oxidation sites excluding steroid dienone is 6. The summed E-state index contributed by atoms with van der Waals surface area (Å²) in [4.78, 5) is 38.0. The summed E-state index contributed by atoms with van der Waals surface area (Å²) in [7, 11) is 0. The predicted molar refractivity (Wildman–Crippen MR) is 397 cm³/mol. The first-order valence-corrected chi connectivity index (χ1v) is 33.5. The number of benzene rings is 6. The highest BCUT2D eigenvalue weighted by molar-refractivity contribution is 6.32. The van der Waals surface area contributed by atoms with Crippen molar-refractivity contribution in [1.82, 2.24) is 20.3 Å². The molecule has 0 saturated heterocycles. The number of H-pyrrole nitrogens is 1. The molecule has 9 aromatic rings. The monoisotopic (exact) mass is 1230 g/mol. The van der Waals surface area contributed by atoms with E-state index in [1.807, 2.05) is 30.3 Å². The molecule has 0 aliphatic carbocycles. The van der Waals surface area contributed by atoms with Gasteiger partial charge in [-0.15, -0.1) is 0 Å². The van der Waals surface area contributed by atoms with Crippen molar-refractivity contribution in [3.05, 3.63) is 278 Å². The zero-order chi connectivity index (χ0) is 66.8. The van der Waals surface area contributed by atoms with Crippen LogP contribution in [0.4, 0.5) is 0 Å². The number of carbonyl (C=O) groups is 1. The van der Waals surface area contributed by atoms with Gasteiger partial charge in [0, 0.05) is 61.3 Å². The van der Waals surface area contributed by atoms with E-state index in [-0.39, 0.29) is 44.4 Å². The second-order valence-corrected chi connectivity index (χ2v) is 32.7. The minimum Gasteiger partial charge on any atom is -0.377 e. The Hall–Kier alpha value is -9.33. The highest BCUT2D eigenvalue weighted by Crippen LogP contribution is 2.45. The number of carbonyl (C=O) groups excluding carboxylic acids is 1. The molecule has 0 radical (unpaired) electrons. The van der Waals surface area contributed by atoms with Crippen LogP contribution in [0.2, 0.25) is 0 Å². The van der Waals surface area contributed by atoms with Crippen LogP contribution in [0, 0.1) is 0 Å². The third kappa shape index (κ3) is 12.3. The van der Waals surface area contributed by atoms with E-state index in [4.69, 9.17) is 20.0 Å². The first-order valence-electron chi connectivity index (χ1n) is 33.5. The first-order chi connectivity index (χ1) is 44.2. The van der Waals surface area contributed by atoms with E-state index in [0.29, 0.717) is 5.56 Å². The van der Waals surface area contributed by atoms with Crippen LogP contribution in [0.25, 0.3) is 61.0 Å². The van der Waals surface area contributed by atoms with Crippen LogP contribution in [0.3, 0.4) is 0 Å². The van der Waals surface area contributed by atoms with Crippen molar-refractivity contribution in [1.29, 1.82) is 0 Å². The minimum atomic E-state index is -0.187. The van der Waals surface area contributed by atoms with E-state index in [9.17, 15) is 4.79 Å². The predicted octanol–water partition coefficient (Wildman–Crippen LogP) is 21.3. The molecule has 6 aromatic carbocycles. The van der Waals surface area contributed by atoms with Crippen LogP contribution < -0.4 is 5.32 Å². The molecule has 474 valence electrons. The van der Waals surface area contributed by atoms with Gasteiger partial charge in [0.15, 0.2) is 0 Å². The fourth-order valence-corrected chi connectivity index (χ4v) is 13.3. The zero-order valence-electron chi connectivity index (χ0n) is 58.3. The first kappa shape index (κ1) is 63.4. The molecule has 0 amide bonds. The Morgan fingerprint density at radius 2 is 0.787 bits per heavy atom. The Balaban J connectivity index is 1.04. The smallest absolute Gasteiger partial charge is 0.150 e. The van der Waals surface area contributed by atoms with Crippen LogP contribution in [0.5, 0.6) is 0 Å². The number of nitrogens with one attached hydrogen (secondary N) is 2. The Morgan fingerprint density at radius 3 is 1.26 bits per heavy atom. The molecule has 8 bridgehead atoms. The number of hydrogen-bond donors (Lipinski definition) is 2. The number of aromatic nitrogens is 3. The molecule has 0 fully saturated rings. The SMILES string of the molecule is CC(C)(C)c1cc(/C2=C3\C=C[C@H](N3)[C@@H](c3cc(C(C)(C)C)cc(C(C)(C)C)c3)C3=N/C(=C(/c4ccc(-c5ccc6ccc7ccc(-c8ccc(C=O)cc8)nc7c6n5)cc4)c4ccc([nH]4)/C(c4cc(C(C)(C)C)cc(C(C)(C)C)c4)=C4/C=CC2=N4)C=C3)cc(C(C)(C)C)c1. The average molecular weight is 1240 g/mol. The third-order valence-corrected chi connectivity index (χ3v) is 19.3. The summed E-state index contributed by atoms with van der Waals surface area (Å²) in [6, 6.07) is 55.1. The van der Waals surface area contributed by atoms with Crippen LogP contribution in [0.1, 0.15) is 208 Å². The van der Waals surface area contributed by atoms with Crippen molar-refractivity contribution >= 4 is 56.2 Å². The van der Waals surface area contributed by atoms with Crippen molar-refractivity contribution in [3.63, 3.8) is 0 Å². The largest absolute Gasteiger partial charge is 0.377 e.